The lowest BCUT2D eigenvalue weighted by Gasteiger charge is -2.18. The number of alkyl halides is 1. The van der Waals surface area contributed by atoms with Crippen LogP contribution < -0.4 is 0 Å². The highest BCUT2D eigenvalue weighted by atomic mass is 79.9. The molecule has 0 saturated heterocycles. The maximum atomic E-state index is 11.7. The van der Waals surface area contributed by atoms with Crippen LogP contribution in [-0.4, -0.2) is 27.8 Å². The molecule has 1 unspecified atom stereocenters. The van der Waals surface area contributed by atoms with Gasteiger partial charge in [0, 0.05) is 13.1 Å². The van der Waals surface area contributed by atoms with E-state index in [9.17, 15) is 4.79 Å². The quantitative estimate of drug-likeness (QED) is 0.791. The van der Waals surface area contributed by atoms with Gasteiger partial charge in [-0.2, -0.15) is 0 Å². The molecule has 1 heterocycles. The maximum absolute atomic E-state index is 11.7. The van der Waals surface area contributed by atoms with E-state index in [-0.39, 0.29) is 10.7 Å². The van der Waals surface area contributed by atoms with Crippen molar-refractivity contribution in [3.05, 3.63) is 17.5 Å². The first kappa shape index (κ1) is 12.2. The highest BCUT2D eigenvalue weighted by molar-refractivity contribution is 9.10. The van der Waals surface area contributed by atoms with Gasteiger partial charge in [-0.05, 0) is 13.3 Å². The van der Waals surface area contributed by atoms with Crippen molar-refractivity contribution < 1.29 is 9.32 Å². The van der Waals surface area contributed by atoms with Crippen LogP contribution in [0.15, 0.2) is 10.6 Å². The van der Waals surface area contributed by atoms with Crippen LogP contribution in [0.2, 0.25) is 0 Å². The molecule has 0 aliphatic heterocycles. The number of amides is 1. The van der Waals surface area contributed by atoms with Crippen LogP contribution >= 0.6 is 15.9 Å². The second kappa shape index (κ2) is 5.30. The number of hydrogen-bond acceptors (Lipinski definition) is 3. The Balaban J connectivity index is 2.55. The summed E-state index contributed by atoms with van der Waals surface area (Å²) in [5, 5.41) is 3.84. The van der Waals surface area contributed by atoms with Crippen molar-refractivity contribution in [3.63, 3.8) is 0 Å². The van der Waals surface area contributed by atoms with Gasteiger partial charge >= 0.3 is 0 Å². The van der Waals surface area contributed by atoms with Crippen LogP contribution in [0.5, 0.6) is 0 Å². The van der Waals surface area contributed by atoms with Crippen LogP contribution in [0.3, 0.4) is 0 Å². The van der Waals surface area contributed by atoms with Gasteiger partial charge in [0.2, 0.25) is 5.91 Å². The number of carbonyl (C=O) groups is 1. The molecule has 1 rings (SSSR count). The summed E-state index contributed by atoms with van der Waals surface area (Å²) in [6.07, 6.45) is 0.779. The predicted molar refractivity (Wildman–Crippen MR) is 60.7 cm³/mol. The number of hydrogen-bond donors (Lipinski definition) is 0. The molecule has 0 fully saturated rings. The Labute approximate surface area is 97.7 Å². The van der Waals surface area contributed by atoms with Gasteiger partial charge in [0.05, 0.1) is 11.4 Å². The van der Waals surface area contributed by atoms with Crippen LogP contribution in [0.1, 0.15) is 24.8 Å². The summed E-state index contributed by atoms with van der Waals surface area (Å²) in [5.74, 6) is 0.829. The molecule has 0 radical (unpaired) electrons. The molecule has 0 N–H and O–H groups in total. The van der Waals surface area contributed by atoms with Gasteiger partial charge in [0.25, 0.3) is 0 Å². The third-order valence-corrected chi connectivity index (χ3v) is 3.12. The molecule has 4 nitrogen and oxygen atoms in total. The van der Waals surface area contributed by atoms with Crippen molar-refractivity contribution in [2.75, 3.05) is 7.05 Å². The molecule has 1 atom stereocenters. The van der Waals surface area contributed by atoms with Crippen molar-refractivity contribution in [1.82, 2.24) is 10.1 Å². The number of rotatable bonds is 4. The van der Waals surface area contributed by atoms with Crippen LogP contribution in [0, 0.1) is 6.92 Å². The van der Waals surface area contributed by atoms with Gasteiger partial charge in [0.1, 0.15) is 11.5 Å². The van der Waals surface area contributed by atoms with E-state index in [0.29, 0.717) is 6.54 Å². The number of aryl methyl sites for hydroxylation is 1. The van der Waals surface area contributed by atoms with Gasteiger partial charge in [-0.1, -0.05) is 28.0 Å². The first-order valence-electron chi connectivity index (χ1n) is 4.85. The Hall–Kier alpha value is -0.840. The minimum atomic E-state index is -0.115. The summed E-state index contributed by atoms with van der Waals surface area (Å²) >= 11 is 3.33. The standard InChI is InChI=1S/C10H15BrN2O2/c1-4-9(11)10(14)13(3)6-8-5-7(2)15-12-8/h5,9H,4,6H2,1-3H3. The monoisotopic (exact) mass is 274 g/mol. The Morgan fingerprint density at radius 1 is 1.73 bits per heavy atom. The van der Waals surface area contributed by atoms with Gasteiger partial charge < -0.3 is 9.42 Å². The molecule has 5 heteroatoms. The Bertz CT molecular complexity index is 338. The zero-order valence-corrected chi connectivity index (χ0v) is 10.7. The molecule has 0 spiro atoms. The van der Waals surface area contributed by atoms with E-state index in [1.54, 1.807) is 11.9 Å². The Morgan fingerprint density at radius 2 is 2.40 bits per heavy atom. The van der Waals surface area contributed by atoms with Crippen LogP contribution in [0.4, 0.5) is 0 Å². The molecule has 84 valence electrons. The lowest BCUT2D eigenvalue weighted by molar-refractivity contribution is -0.129. The third-order valence-electron chi connectivity index (χ3n) is 2.08. The van der Waals surface area contributed by atoms with E-state index in [1.165, 1.54) is 0 Å². The zero-order valence-electron chi connectivity index (χ0n) is 9.16. The molecular formula is C10H15BrN2O2. The number of halogens is 1. The number of aromatic nitrogens is 1. The van der Waals surface area contributed by atoms with Gasteiger partial charge in [-0.3, -0.25) is 4.79 Å². The van der Waals surface area contributed by atoms with E-state index >= 15 is 0 Å². The van der Waals surface area contributed by atoms with Gasteiger partial charge in [-0.25, -0.2) is 0 Å². The van der Waals surface area contributed by atoms with Crippen molar-refractivity contribution in [1.29, 1.82) is 0 Å². The summed E-state index contributed by atoms with van der Waals surface area (Å²) in [7, 11) is 1.76. The second-order valence-corrected chi connectivity index (χ2v) is 4.60. The fourth-order valence-electron chi connectivity index (χ4n) is 1.23. The normalized spacial score (nSPS) is 12.5. The first-order valence-corrected chi connectivity index (χ1v) is 5.77. The molecule has 1 aromatic rings. The molecule has 15 heavy (non-hydrogen) atoms. The molecule has 0 aliphatic rings. The highest BCUT2D eigenvalue weighted by Gasteiger charge is 2.18. The zero-order chi connectivity index (χ0) is 11.4. The van der Waals surface area contributed by atoms with E-state index in [4.69, 9.17) is 4.52 Å². The highest BCUT2D eigenvalue weighted by Crippen LogP contribution is 2.11. The van der Waals surface area contributed by atoms with E-state index in [2.05, 4.69) is 21.1 Å². The predicted octanol–water partition coefficient (Wildman–Crippen LogP) is 2.11. The fourth-order valence-corrected chi connectivity index (χ4v) is 1.58. The smallest absolute Gasteiger partial charge is 0.236 e. The fraction of sp³-hybridized carbons (Fsp3) is 0.600. The van der Waals surface area contributed by atoms with E-state index in [0.717, 1.165) is 17.9 Å². The molecule has 0 saturated carbocycles. The van der Waals surface area contributed by atoms with Crippen LogP contribution in [-0.2, 0) is 11.3 Å². The molecule has 1 aromatic heterocycles. The molecule has 0 bridgehead atoms. The molecule has 0 aromatic carbocycles. The lowest BCUT2D eigenvalue weighted by atomic mass is 10.3. The van der Waals surface area contributed by atoms with Crippen molar-refractivity contribution in [3.8, 4) is 0 Å². The first-order chi connectivity index (χ1) is 7.04. The third kappa shape index (κ3) is 3.34. The maximum Gasteiger partial charge on any atom is 0.236 e. The summed E-state index contributed by atoms with van der Waals surface area (Å²) in [4.78, 5) is 13.2. The summed E-state index contributed by atoms with van der Waals surface area (Å²) < 4.78 is 4.93. The average Bonchev–Trinajstić information content (AvgIpc) is 2.61. The van der Waals surface area contributed by atoms with Crippen molar-refractivity contribution >= 4 is 21.8 Å². The summed E-state index contributed by atoms with van der Waals surface area (Å²) in [6.45, 7) is 4.28. The minimum Gasteiger partial charge on any atom is -0.361 e. The Kier molecular flexibility index (Phi) is 4.32. The van der Waals surface area contributed by atoms with Gasteiger partial charge in [0.15, 0.2) is 0 Å². The largest absolute Gasteiger partial charge is 0.361 e. The lowest BCUT2D eigenvalue weighted by Crippen LogP contribution is -2.32. The van der Waals surface area contributed by atoms with Crippen LogP contribution in [0.25, 0.3) is 0 Å². The number of carbonyl (C=O) groups excluding carboxylic acids is 1. The summed E-state index contributed by atoms with van der Waals surface area (Å²) in [6, 6.07) is 1.83. The average molecular weight is 275 g/mol. The topological polar surface area (TPSA) is 46.3 Å². The number of nitrogens with zero attached hydrogens (tertiary/aromatic N) is 2. The van der Waals surface area contributed by atoms with Gasteiger partial charge in [-0.15, -0.1) is 0 Å². The van der Waals surface area contributed by atoms with Crippen molar-refractivity contribution in [2.24, 2.45) is 0 Å². The van der Waals surface area contributed by atoms with Crippen molar-refractivity contribution in [2.45, 2.75) is 31.6 Å². The van der Waals surface area contributed by atoms with E-state index in [1.807, 2.05) is 19.9 Å². The minimum absolute atomic E-state index is 0.0677. The molecule has 1 amide bonds. The molecular weight excluding hydrogens is 260 g/mol. The molecule has 0 aliphatic carbocycles. The summed E-state index contributed by atoms with van der Waals surface area (Å²) in [5.41, 5.74) is 0.777. The van der Waals surface area contributed by atoms with E-state index < -0.39 is 0 Å². The Morgan fingerprint density at radius 3 is 2.87 bits per heavy atom. The SMILES string of the molecule is CCC(Br)C(=O)N(C)Cc1cc(C)on1. The second-order valence-electron chi connectivity index (χ2n) is 3.50.